The summed E-state index contributed by atoms with van der Waals surface area (Å²) in [5.74, 6) is 2.60. The molecule has 1 unspecified atom stereocenters. The third-order valence-corrected chi connectivity index (χ3v) is 4.41. The Morgan fingerprint density at radius 2 is 1.91 bits per heavy atom. The molecule has 3 saturated carbocycles. The highest BCUT2D eigenvalue weighted by Crippen LogP contribution is 2.60. The van der Waals surface area contributed by atoms with Gasteiger partial charge in [-0.15, -0.1) is 0 Å². The minimum atomic E-state index is 0.492. The molecular weight excluding hydrogens is 134 g/mol. The van der Waals surface area contributed by atoms with E-state index in [1.165, 1.54) is 12.8 Å². The molecule has 2 N–H and O–H groups in total. The van der Waals surface area contributed by atoms with Crippen LogP contribution in [0.3, 0.4) is 0 Å². The van der Waals surface area contributed by atoms with E-state index in [2.05, 4.69) is 20.8 Å². The van der Waals surface area contributed by atoms with Crippen molar-refractivity contribution in [1.29, 1.82) is 0 Å². The number of hydrogen-bond acceptors (Lipinski definition) is 1. The Kier molecular flexibility index (Phi) is 1.39. The lowest BCUT2D eigenvalue weighted by atomic mass is 9.45. The van der Waals surface area contributed by atoms with Crippen molar-refractivity contribution in [2.45, 2.75) is 39.7 Å². The first-order valence-corrected chi connectivity index (χ1v) is 4.79. The molecule has 3 fully saturated rings. The predicted molar refractivity (Wildman–Crippen MR) is 47.1 cm³/mol. The minimum Gasteiger partial charge on any atom is -0.327 e. The maximum atomic E-state index is 6.02. The zero-order chi connectivity index (χ0) is 8.22. The molecule has 0 aromatic carbocycles. The molecule has 0 aromatic heterocycles. The summed E-state index contributed by atoms with van der Waals surface area (Å²) < 4.78 is 0. The van der Waals surface area contributed by atoms with Crippen LogP contribution in [0.4, 0.5) is 0 Å². The summed E-state index contributed by atoms with van der Waals surface area (Å²) >= 11 is 0. The SMILES string of the molecule is CC1[C@@H](N)C[C@H]2C[C@@H]1C2(C)C. The Morgan fingerprint density at radius 1 is 1.27 bits per heavy atom. The van der Waals surface area contributed by atoms with Crippen molar-refractivity contribution in [1.82, 2.24) is 0 Å². The van der Waals surface area contributed by atoms with E-state index in [0.717, 1.165) is 17.8 Å². The molecule has 0 heterocycles. The van der Waals surface area contributed by atoms with Crippen LogP contribution in [-0.2, 0) is 0 Å². The maximum absolute atomic E-state index is 6.02. The summed E-state index contributed by atoms with van der Waals surface area (Å²) in [5.41, 5.74) is 6.63. The number of fused-ring (bicyclic) bond motifs is 2. The Bertz CT molecular complexity index is 174. The van der Waals surface area contributed by atoms with Gasteiger partial charge in [-0.3, -0.25) is 0 Å². The van der Waals surface area contributed by atoms with E-state index in [1.807, 2.05) is 0 Å². The molecule has 0 amide bonds. The summed E-state index contributed by atoms with van der Waals surface area (Å²) in [6.07, 6.45) is 2.71. The second kappa shape index (κ2) is 2.01. The molecule has 0 aliphatic heterocycles. The van der Waals surface area contributed by atoms with Crippen molar-refractivity contribution in [3.8, 4) is 0 Å². The Morgan fingerprint density at radius 3 is 2.27 bits per heavy atom. The first-order valence-electron chi connectivity index (χ1n) is 4.79. The topological polar surface area (TPSA) is 26.0 Å². The van der Waals surface area contributed by atoms with E-state index in [4.69, 9.17) is 5.73 Å². The fraction of sp³-hybridized carbons (Fsp3) is 1.00. The normalized spacial score (nSPS) is 53.5. The van der Waals surface area contributed by atoms with Gasteiger partial charge in [0.2, 0.25) is 0 Å². The second-order valence-corrected chi connectivity index (χ2v) is 5.12. The standard InChI is InChI=1S/C10H19N/c1-6-8-4-7(5-9(6)11)10(8,2)3/h6-9H,4-5,11H2,1-3H3/t6?,7-,8+,9+/m1/s1. The zero-order valence-corrected chi connectivity index (χ0v) is 7.80. The van der Waals surface area contributed by atoms with Gasteiger partial charge in [0, 0.05) is 6.04 Å². The molecule has 3 aliphatic carbocycles. The largest absolute Gasteiger partial charge is 0.327 e. The fourth-order valence-corrected chi connectivity index (χ4v) is 3.19. The van der Waals surface area contributed by atoms with Crippen molar-refractivity contribution >= 4 is 0 Å². The predicted octanol–water partition coefficient (Wildman–Crippen LogP) is 2.02. The molecule has 0 saturated heterocycles. The number of nitrogens with two attached hydrogens (primary N) is 1. The molecule has 0 radical (unpaired) electrons. The highest BCUT2D eigenvalue weighted by molar-refractivity contribution is 5.06. The molecule has 1 nitrogen and oxygen atoms in total. The first kappa shape index (κ1) is 7.60. The molecule has 64 valence electrons. The maximum Gasteiger partial charge on any atom is 0.00702 e. The van der Waals surface area contributed by atoms with Crippen LogP contribution in [0, 0.1) is 23.2 Å². The fourth-order valence-electron chi connectivity index (χ4n) is 3.19. The Hall–Kier alpha value is -0.0400. The summed E-state index contributed by atoms with van der Waals surface area (Å²) in [7, 11) is 0. The zero-order valence-electron chi connectivity index (χ0n) is 7.80. The molecule has 3 rings (SSSR count). The van der Waals surface area contributed by atoms with Crippen molar-refractivity contribution in [2.75, 3.05) is 0 Å². The molecule has 0 aromatic rings. The van der Waals surface area contributed by atoms with Crippen LogP contribution < -0.4 is 5.73 Å². The molecule has 1 heteroatoms. The Balaban J connectivity index is 2.17. The Labute approximate surface area is 69.4 Å². The number of hydrogen-bond donors (Lipinski definition) is 1. The van der Waals surface area contributed by atoms with E-state index >= 15 is 0 Å². The summed E-state index contributed by atoms with van der Waals surface area (Å²) in [6, 6.07) is 0.492. The van der Waals surface area contributed by atoms with Gasteiger partial charge in [0.25, 0.3) is 0 Å². The minimum absolute atomic E-state index is 0.492. The van der Waals surface area contributed by atoms with Gasteiger partial charge in [-0.2, -0.15) is 0 Å². The second-order valence-electron chi connectivity index (χ2n) is 5.12. The highest BCUT2D eigenvalue weighted by Gasteiger charge is 2.55. The van der Waals surface area contributed by atoms with Gasteiger partial charge in [0.15, 0.2) is 0 Å². The summed E-state index contributed by atoms with van der Waals surface area (Å²) in [5, 5.41) is 0. The highest BCUT2D eigenvalue weighted by atomic mass is 14.7. The van der Waals surface area contributed by atoms with Crippen molar-refractivity contribution in [3.63, 3.8) is 0 Å². The van der Waals surface area contributed by atoms with Gasteiger partial charge in [-0.25, -0.2) is 0 Å². The number of rotatable bonds is 0. The molecule has 4 atom stereocenters. The van der Waals surface area contributed by atoms with Crippen molar-refractivity contribution in [3.05, 3.63) is 0 Å². The van der Waals surface area contributed by atoms with E-state index in [1.54, 1.807) is 0 Å². The van der Waals surface area contributed by atoms with Crippen LogP contribution in [0.1, 0.15) is 33.6 Å². The average molecular weight is 153 g/mol. The van der Waals surface area contributed by atoms with Gasteiger partial charge in [-0.1, -0.05) is 20.8 Å². The lowest BCUT2D eigenvalue weighted by molar-refractivity contribution is -0.108. The lowest BCUT2D eigenvalue weighted by Gasteiger charge is -2.61. The molecule has 3 aliphatic rings. The smallest absolute Gasteiger partial charge is 0.00702 e. The molecule has 2 bridgehead atoms. The van der Waals surface area contributed by atoms with Crippen LogP contribution in [0.2, 0.25) is 0 Å². The van der Waals surface area contributed by atoms with E-state index in [0.29, 0.717) is 11.5 Å². The third-order valence-electron chi connectivity index (χ3n) is 4.41. The third kappa shape index (κ3) is 0.807. The van der Waals surface area contributed by atoms with Crippen molar-refractivity contribution < 1.29 is 0 Å². The quantitative estimate of drug-likeness (QED) is 0.566. The van der Waals surface area contributed by atoms with Crippen LogP contribution >= 0.6 is 0 Å². The van der Waals surface area contributed by atoms with E-state index in [-0.39, 0.29) is 0 Å². The van der Waals surface area contributed by atoms with Gasteiger partial charge in [0.05, 0.1) is 0 Å². The molecule has 0 spiro atoms. The van der Waals surface area contributed by atoms with Gasteiger partial charge in [-0.05, 0) is 36.0 Å². The summed E-state index contributed by atoms with van der Waals surface area (Å²) in [4.78, 5) is 0. The monoisotopic (exact) mass is 153 g/mol. The lowest BCUT2D eigenvalue weighted by Crippen LogP contribution is -2.58. The van der Waals surface area contributed by atoms with Gasteiger partial charge >= 0.3 is 0 Å². The van der Waals surface area contributed by atoms with E-state index < -0.39 is 0 Å². The van der Waals surface area contributed by atoms with Crippen LogP contribution in [0.15, 0.2) is 0 Å². The van der Waals surface area contributed by atoms with Gasteiger partial charge in [0.1, 0.15) is 0 Å². The first-order chi connectivity index (χ1) is 5.03. The summed E-state index contributed by atoms with van der Waals surface area (Å²) in [6.45, 7) is 7.15. The van der Waals surface area contributed by atoms with Crippen LogP contribution in [-0.4, -0.2) is 6.04 Å². The van der Waals surface area contributed by atoms with Crippen LogP contribution in [0.5, 0.6) is 0 Å². The van der Waals surface area contributed by atoms with Gasteiger partial charge < -0.3 is 5.73 Å². The molecular formula is C10H19N. The van der Waals surface area contributed by atoms with E-state index in [9.17, 15) is 0 Å². The van der Waals surface area contributed by atoms with Crippen LogP contribution in [0.25, 0.3) is 0 Å². The molecule has 11 heavy (non-hydrogen) atoms. The van der Waals surface area contributed by atoms with Crippen molar-refractivity contribution in [2.24, 2.45) is 28.9 Å². The average Bonchev–Trinajstić information content (AvgIpc) is 1.93.